The summed E-state index contributed by atoms with van der Waals surface area (Å²) in [6, 6.07) is 30.5. The molecule has 0 radical (unpaired) electrons. The lowest BCUT2D eigenvalue weighted by molar-refractivity contribution is -0.141. The maximum absolute atomic E-state index is 13.3. The van der Waals surface area contributed by atoms with Gasteiger partial charge in [0.05, 0.1) is 5.52 Å². The minimum Gasteiger partial charge on any atom is -0.448 e. The second-order valence-electron chi connectivity index (χ2n) is 7.60. The normalized spacial score (nSPS) is 11.7. The Bertz CT molecular complexity index is 1170. The summed E-state index contributed by atoms with van der Waals surface area (Å²) in [5, 5.41) is 0.935. The van der Waals surface area contributed by atoms with Crippen LogP contribution in [0.25, 0.3) is 10.9 Å². The molecule has 1 unspecified atom stereocenters. The quantitative estimate of drug-likeness (QED) is 0.391. The zero-order valence-corrected chi connectivity index (χ0v) is 17.8. The smallest absolute Gasteiger partial charge is 0.357 e. The molecule has 0 spiro atoms. The van der Waals surface area contributed by atoms with Crippen molar-refractivity contribution < 1.29 is 14.3 Å². The van der Waals surface area contributed by atoms with Gasteiger partial charge in [0.1, 0.15) is 5.69 Å². The topological polar surface area (TPSA) is 59.5 Å². The van der Waals surface area contributed by atoms with Crippen molar-refractivity contribution in [1.82, 2.24) is 9.88 Å². The molecule has 0 aliphatic rings. The summed E-state index contributed by atoms with van der Waals surface area (Å²) in [4.78, 5) is 32.0. The Morgan fingerprint density at radius 2 is 1.34 bits per heavy atom. The van der Waals surface area contributed by atoms with E-state index in [1.807, 2.05) is 91.0 Å². The highest BCUT2D eigenvalue weighted by Gasteiger charge is 2.25. The zero-order valence-electron chi connectivity index (χ0n) is 17.8. The van der Waals surface area contributed by atoms with E-state index in [1.54, 1.807) is 17.9 Å². The maximum Gasteiger partial charge on any atom is 0.357 e. The number of carbonyl (C=O) groups excluding carboxylic acids is 2. The van der Waals surface area contributed by atoms with Crippen molar-refractivity contribution in [3.8, 4) is 0 Å². The molecule has 1 aromatic heterocycles. The molecular weight excluding hydrogens is 400 g/mol. The van der Waals surface area contributed by atoms with E-state index in [9.17, 15) is 9.59 Å². The molecule has 1 atom stereocenters. The lowest BCUT2D eigenvalue weighted by Gasteiger charge is -2.26. The third-order valence-corrected chi connectivity index (χ3v) is 5.18. The van der Waals surface area contributed by atoms with Gasteiger partial charge in [0.2, 0.25) is 0 Å². The summed E-state index contributed by atoms with van der Waals surface area (Å²) in [5.74, 6) is -0.872. The fourth-order valence-corrected chi connectivity index (χ4v) is 3.53. The predicted octanol–water partition coefficient (Wildman–Crippen LogP) is 5.01. The zero-order chi connectivity index (χ0) is 22.3. The number of hydrogen-bond donors (Lipinski definition) is 0. The third-order valence-electron chi connectivity index (χ3n) is 5.18. The molecule has 1 heterocycles. The number of benzene rings is 3. The van der Waals surface area contributed by atoms with Crippen molar-refractivity contribution in [3.05, 3.63) is 114 Å². The summed E-state index contributed by atoms with van der Waals surface area (Å²) in [7, 11) is 0. The Kier molecular flexibility index (Phi) is 6.56. The van der Waals surface area contributed by atoms with Crippen LogP contribution in [-0.4, -0.2) is 27.9 Å². The third kappa shape index (κ3) is 5.19. The summed E-state index contributed by atoms with van der Waals surface area (Å²) in [5.41, 5.74) is 2.90. The van der Waals surface area contributed by atoms with E-state index in [2.05, 4.69) is 4.98 Å². The molecule has 0 aliphatic heterocycles. The Hall–Kier alpha value is -3.99. The van der Waals surface area contributed by atoms with Crippen molar-refractivity contribution in [2.75, 3.05) is 0 Å². The summed E-state index contributed by atoms with van der Waals surface area (Å²) in [6.45, 7) is 2.44. The average molecular weight is 425 g/mol. The number of amides is 1. The van der Waals surface area contributed by atoms with E-state index < -0.39 is 12.1 Å². The lowest BCUT2D eigenvalue weighted by Crippen LogP contribution is -2.39. The summed E-state index contributed by atoms with van der Waals surface area (Å²) in [6.07, 6.45) is -0.941. The number of carbonyl (C=O) groups is 2. The minimum absolute atomic E-state index is 0.181. The standard InChI is InChI=1S/C27H24N2O3/c1-20(32-27(31)25-17-16-23-14-8-9-15-24(23)28-25)26(30)29(18-21-10-4-2-5-11-21)19-22-12-6-3-7-13-22/h2-17,20H,18-19H2,1H3. The van der Waals surface area contributed by atoms with Crippen molar-refractivity contribution in [3.63, 3.8) is 0 Å². The molecule has 1 amide bonds. The molecule has 0 saturated carbocycles. The first-order valence-electron chi connectivity index (χ1n) is 10.5. The highest BCUT2D eigenvalue weighted by molar-refractivity contribution is 5.93. The lowest BCUT2D eigenvalue weighted by atomic mass is 10.1. The van der Waals surface area contributed by atoms with E-state index >= 15 is 0 Å². The van der Waals surface area contributed by atoms with Crippen LogP contribution in [0.4, 0.5) is 0 Å². The molecule has 5 heteroatoms. The molecule has 160 valence electrons. The SMILES string of the molecule is CC(OC(=O)c1ccc2ccccc2n1)C(=O)N(Cc1ccccc1)Cc1ccccc1. The van der Waals surface area contributed by atoms with Gasteiger partial charge in [-0.2, -0.15) is 0 Å². The van der Waals surface area contributed by atoms with E-state index in [1.165, 1.54) is 0 Å². The number of ether oxygens (including phenoxy) is 1. The molecule has 4 aromatic rings. The monoisotopic (exact) mass is 424 g/mol. The summed E-state index contributed by atoms with van der Waals surface area (Å²) < 4.78 is 5.51. The van der Waals surface area contributed by atoms with Crippen molar-refractivity contribution >= 4 is 22.8 Å². The number of pyridine rings is 1. The van der Waals surface area contributed by atoms with Crippen LogP contribution in [0.5, 0.6) is 0 Å². The van der Waals surface area contributed by atoms with Gasteiger partial charge in [-0.05, 0) is 30.2 Å². The molecule has 32 heavy (non-hydrogen) atoms. The number of esters is 1. The van der Waals surface area contributed by atoms with Crippen LogP contribution in [0.1, 0.15) is 28.5 Å². The average Bonchev–Trinajstić information content (AvgIpc) is 2.84. The van der Waals surface area contributed by atoms with Gasteiger partial charge in [0.15, 0.2) is 6.10 Å². The van der Waals surface area contributed by atoms with E-state index in [0.29, 0.717) is 18.6 Å². The molecule has 4 rings (SSSR count). The van der Waals surface area contributed by atoms with Crippen LogP contribution < -0.4 is 0 Å². The molecule has 3 aromatic carbocycles. The summed E-state index contributed by atoms with van der Waals surface area (Å²) >= 11 is 0. The van der Waals surface area contributed by atoms with E-state index in [4.69, 9.17) is 4.74 Å². The van der Waals surface area contributed by atoms with Gasteiger partial charge in [-0.25, -0.2) is 9.78 Å². The predicted molar refractivity (Wildman–Crippen MR) is 124 cm³/mol. The fraction of sp³-hybridized carbons (Fsp3) is 0.148. The first-order valence-corrected chi connectivity index (χ1v) is 10.5. The van der Waals surface area contributed by atoms with Crippen LogP contribution in [0.2, 0.25) is 0 Å². The molecule has 0 fully saturated rings. The molecule has 0 N–H and O–H groups in total. The second-order valence-corrected chi connectivity index (χ2v) is 7.60. The van der Waals surface area contributed by atoms with Crippen molar-refractivity contribution in [2.24, 2.45) is 0 Å². The molecule has 0 saturated heterocycles. The molecule has 0 aliphatic carbocycles. The maximum atomic E-state index is 13.3. The number of hydrogen-bond acceptors (Lipinski definition) is 4. The number of para-hydroxylation sites is 1. The van der Waals surface area contributed by atoms with Crippen LogP contribution >= 0.6 is 0 Å². The van der Waals surface area contributed by atoms with Crippen LogP contribution in [0.15, 0.2) is 97.1 Å². The Morgan fingerprint density at radius 1 is 0.781 bits per heavy atom. The minimum atomic E-state index is -0.941. The van der Waals surface area contributed by atoms with Gasteiger partial charge in [-0.1, -0.05) is 84.9 Å². The van der Waals surface area contributed by atoms with Gasteiger partial charge >= 0.3 is 5.97 Å². The van der Waals surface area contributed by atoms with Crippen molar-refractivity contribution in [1.29, 1.82) is 0 Å². The Labute approximate surface area is 187 Å². The van der Waals surface area contributed by atoms with Gasteiger partial charge in [0.25, 0.3) is 5.91 Å². The molecule has 5 nitrogen and oxygen atoms in total. The van der Waals surface area contributed by atoms with Gasteiger partial charge in [0, 0.05) is 18.5 Å². The number of aromatic nitrogens is 1. The molecular formula is C27H24N2O3. The first-order chi connectivity index (χ1) is 15.6. The van der Waals surface area contributed by atoms with Crippen molar-refractivity contribution in [2.45, 2.75) is 26.1 Å². The number of fused-ring (bicyclic) bond motifs is 1. The fourth-order valence-electron chi connectivity index (χ4n) is 3.53. The molecule has 0 bridgehead atoms. The highest BCUT2D eigenvalue weighted by atomic mass is 16.5. The van der Waals surface area contributed by atoms with Crippen LogP contribution in [0.3, 0.4) is 0 Å². The Morgan fingerprint density at radius 3 is 1.97 bits per heavy atom. The first kappa shape index (κ1) is 21.2. The number of nitrogens with zero attached hydrogens (tertiary/aromatic N) is 2. The van der Waals surface area contributed by atoms with E-state index in [0.717, 1.165) is 16.5 Å². The van der Waals surface area contributed by atoms with Crippen LogP contribution in [-0.2, 0) is 22.6 Å². The largest absolute Gasteiger partial charge is 0.448 e. The number of rotatable bonds is 7. The highest BCUT2D eigenvalue weighted by Crippen LogP contribution is 2.15. The van der Waals surface area contributed by atoms with Crippen LogP contribution in [0, 0.1) is 0 Å². The second kappa shape index (κ2) is 9.88. The van der Waals surface area contributed by atoms with E-state index in [-0.39, 0.29) is 11.6 Å². The van der Waals surface area contributed by atoms with Gasteiger partial charge in [-0.15, -0.1) is 0 Å². The van der Waals surface area contributed by atoms with Gasteiger partial charge in [-0.3, -0.25) is 4.79 Å². The Balaban J connectivity index is 1.50. The van der Waals surface area contributed by atoms with Gasteiger partial charge < -0.3 is 9.64 Å².